The fraction of sp³-hybridized carbons (Fsp3) is 0.625. The molecule has 3 aliphatic heterocycles. The molecule has 0 aromatic heterocycles. The molecule has 4 atom stereocenters. The molecule has 0 aromatic carbocycles. The van der Waals surface area contributed by atoms with Crippen LogP contribution in [0.3, 0.4) is 0 Å². The first-order chi connectivity index (χ1) is 11.0. The Hall–Kier alpha value is -1.31. The summed E-state index contributed by atoms with van der Waals surface area (Å²) in [6.45, 7) is 6.67. The molecule has 2 fully saturated rings. The molecule has 3 rings (SSSR count). The third-order valence-corrected chi connectivity index (χ3v) is 5.79. The lowest BCUT2D eigenvalue weighted by atomic mass is 9.92. The Labute approximate surface area is 139 Å². The highest BCUT2D eigenvalue weighted by Gasteiger charge is 2.57. The van der Waals surface area contributed by atoms with Crippen molar-refractivity contribution < 1.29 is 24.2 Å². The van der Waals surface area contributed by atoms with Gasteiger partial charge in [0.1, 0.15) is 17.7 Å². The molecule has 3 aliphatic rings. The van der Waals surface area contributed by atoms with Crippen molar-refractivity contribution in [3.8, 4) is 0 Å². The standard InChI is InChI=1S/C16H21NO5S/c1-3-5-22-16(20)13-11(7-10-4-6-21-8-10)23-15-12(9(2)18)14(19)17(13)15/h3,9-10,12,15,18H,1,4-8H2,2H3/t9-,10?,12+,15-/m1/s1. The number of thioether (sulfide) groups is 1. The topological polar surface area (TPSA) is 76.1 Å². The maximum absolute atomic E-state index is 12.4. The van der Waals surface area contributed by atoms with Crippen LogP contribution in [0.5, 0.6) is 0 Å². The summed E-state index contributed by atoms with van der Waals surface area (Å²) in [6, 6.07) is 0. The summed E-state index contributed by atoms with van der Waals surface area (Å²) in [6.07, 6.45) is 2.43. The summed E-state index contributed by atoms with van der Waals surface area (Å²) >= 11 is 1.50. The van der Waals surface area contributed by atoms with E-state index in [-0.39, 0.29) is 17.9 Å². The molecular weight excluding hydrogens is 318 g/mol. The van der Waals surface area contributed by atoms with E-state index in [9.17, 15) is 14.7 Å². The van der Waals surface area contributed by atoms with Gasteiger partial charge in [-0.25, -0.2) is 4.79 Å². The minimum absolute atomic E-state index is 0.110. The second-order valence-corrected chi connectivity index (χ2v) is 7.29. The Bertz CT molecular complexity index is 553. The van der Waals surface area contributed by atoms with Crippen LogP contribution in [0.15, 0.2) is 23.3 Å². The van der Waals surface area contributed by atoms with Gasteiger partial charge in [-0.15, -0.1) is 11.8 Å². The average Bonchev–Trinajstić information content (AvgIpc) is 3.11. The van der Waals surface area contributed by atoms with Crippen LogP contribution < -0.4 is 0 Å². The molecule has 2 saturated heterocycles. The Morgan fingerprint density at radius 1 is 1.65 bits per heavy atom. The predicted molar refractivity (Wildman–Crippen MR) is 85.1 cm³/mol. The van der Waals surface area contributed by atoms with Crippen molar-refractivity contribution in [3.05, 3.63) is 23.3 Å². The van der Waals surface area contributed by atoms with E-state index in [2.05, 4.69) is 6.58 Å². The zero-order valence-electron chi connectivity index (χ0n) is 13.1. The van der Waals surface area contributed by atoms with Crippen LogP contribution in [-0.4, -0.2) is 53.2 Å². The van der Waals surface area contributed by atoms with Crippen molar-refractivity contribution >= 4 is 23.6 Å². The lowest BCUT2D eigenvalue weighted by Gasteiger charge is -2.43. The first kappa shape index (κ1) is 16.5. The number of hydrogen-bond acceptors (Lipinski definition) is 6. The highest BCUT2D eigenvalue weighted by molar-refractivity contribution is 8.04. The molecule has 1 N–H and O–H groups in total. The van der Waals surface area contributed by atoms with Gasteiger partial charge < -0.3 is 14.6 Å². The largest absolute Gasteiger partial charge is 0.457 e. The van der Waals surface area contributed by atoms with Crippen molar-refractivity contribution in [2.75, 3.05) is 19.8 Å². The SMILES string of the molecule is C=CCOC(=O)C1=C(CC2CCOC2)S[C@@H]2[C@@H]([C@@H](C)O)C(=O)N12. The first-order valence-electron chi connectivity index (χ1n) is 7.81. The van der Waals surface area contributed by atoms with Crippen LogP contribution in [0.4, 0.5) is 0 Å². The lowest BCUT2D eigenvalue weighted by Crippen LogP contribution is -2.60. The van der Waals surface area contributed by atoms with E-state index in [1.165, 1.54) is 22.7 Å². The number of aliphatic hydroxyl groups is 1. The second-order valence-electron chi connectivity index (χ2n) is 6.08. The molecule has 1 unspecified atom stereocenters. The molecule has 126 valence electrons. The molecular formula is C16H21NO5S. The Kier molecular flexibility index (Phi) is 4.79. The quantitative estimate of drug-likeness (QED) is 0.446. The molecule has 6 nitrogen and oxygen atoms in total. The average molecular weight is 339 g/mol. The Balaban J connectivity index is 1.81. The first-order valence-corrected chi connectivity index (χ1v) is 8.69. The van der Waals surface area contributed by atoms with Gasteiger partial charge in [0.25, 0.3) is 0 Å². The zero-order chi connectivity index (χ0) is 16.6. The van der Waals surface area contributed by atoms with Gasteiger partial charge in [0.15, 0.2) is 0 Å². The van der Waals surface area contributed by atoms with E-state index in [1.807, 2.05) is 0 Å². The maximum atomic E-state index is 12.4. The fourth-order valence-electron chi connectivity index (χ4n) is 3.20. The van der Waals surface area contributed by atoms with E-state index >= 15 is 0 Å². The maximum Gasteiger partial charge on any atom is 0.356 e. The summed E-state index contributed by atoms with van der Waals surface area (Å²) in [5, 5.41) is 9.59. The third kappa shape index (κ3) is 2.93. The molecule has 0 saturated carbocycles. The molecule has 23 heavy (non-hydrogen) atoms. The number of allylic oxidation sites excluding steroid dienone is 1. The lowest BCUT2D eigenvalue weighted by molar-refractivity contribution is -0.157. The minimum Gasteiger partial charge on any atom is -0.457 e. The Morgan fingerprint density at radius 3 is 3.04 bits per heavy atom. The van der Waals surface area contributed by atoms with Gasteiger partial charge in [-0.3, -0.25) is 9.69 Å². The van der Waals surface area contributed by atoms with E-state index in [4.69, 9.17) is 9.47 Å². The van der Waals surface area contributed by atoms with Gasteiger partial charge in [0.2, 0.25) is 5.91 Å². The molecule has 0 bridgehead atoms. The van der Waals surface area contributed by atoms with Gasteiger partial charge in [0.05, 0.1) is 12.0 Å². The molecule has 0 aliphatic carbocycles. The smallest absolute Gasteiger partial charge is 0.356 e. The number of amides is 1. The molecule has 1 amide bonds. The van der Waals surface area contributed by atoms with E-state index in [0.29, 0.717) is 24.6 Å². The van der Waals surface area contributed by atoms with Crippen molar-refractivity contribution in [2.24, 2.45) is 11.8 Å². The number of ether oxygens (including phenoxy) is 2. The van der Waals surface area contributed by atoms with E-state index in [1.54, 1.807) is 6.92 Å². The number of fused-ring (bicyclic) bond motifs is 1. The monoisotopic (exact) mass is 339 g/mol. The van der Waals surface area contributed by atoms with Crippen molar-refractivity contribution in [3.63, 3.8) is 0 Å². The van der Waals surface area contributed by atoms with Crippen LogP contribution in [0.2, 0.25) is 0 Å². The highest BCUT2D eigenvalue weighted by atomic mass is 32.2. The molecule has 0 radical (unpaired) electrons. The highest BCUT2D eigenvalue weighted by Crippen LogP contribution is 2.52. The van der Waals surface area contributed by atoms with Crippen LogP contribution in [-0.2, 0) is 19.1 Å². The van der Waals surface area contributed by atoms with E-state index in [0.717, 1.165) is 17.9 Å². The Morgan fingerprint density at radius 2 is 2.43 bits per heavy atom. The number of aliphatic hydroxyl groups excluding tert-OH is 1. The zero-order valence-corrected chi connectivity index (χ0v) is 13.9. The molecule has 7 heteroatoms. The third-order valence-electron chi connectivity index (χ3n) is 4.40. The van der Waals surface area contributed by atoms with Crippen LogP contribution >= 0.6 is 11.8 Å². The van der Waals surface area contributed by atoms with Gasteiger partial charge >= 0.3 is 5.97 Å². The number of carbonyl (C=O) groups excluding carboxylic acids is 2. The van der Waals surface area contributed by atoms with Crippen LogP contribution in [0.25, 0.3) is 0 Å². The second kappa shape index (κ2) is 6.67. The van der Waals surface area contributed by atoms with Crippen molar-refractivity contribution in [2.45, 2.75) is 31.2 Å². The summed E-state index contributed by atoms with van der Waals surface area (Å²) in [5.74, 6) is -0.801. The number of esters is 1. The van der Waals surface area contributed by atoms with Crippen molar-refractivity contribution in [1.82, 2.24) is 4.90 Å². The number of rotatable bonds is 6. The van der Waals surface area contributed by atoms with Gasteiger partial charge in [0, 0.05) is 18.1 Å². The molecule has 0 spiro atoms. The van der Waals surface area contributed by atoms with E-state index < -0.39 is 18.0 Å². The normalized spacial score (nSPS) is 31.0. The van der Waals surface area contributed by atoms with Gasteiger partial charge in [-0.05, 0) is 25.7 Å². The number of carbonyl (C=O) groups is 2. The number of nitrogens with zero attached hydrogens (tertiary/aromatic N) is 1. The van der Waals surface area contributed by atoms with Crippen LogP contribution in [0.1, 0.15) is 19.8 Å². The molecule has 0 aromatic rings. The summed E-state index contributed by atoms with van der Waals surface area (Å²) in [5.41, 5.74) is 0.343. The summed E-state index contributed by atoms with van der Waals surface area (Å²) < 4.78 is 10.5. The summed E-state index contributed by atoms with van der Waals surface area (Å²) in [4.78, 5) is 27.0. The van der Waals surface area contributed by atoms with Crippen molar-refractivity contribution in [1.29, 1.82) is 0 Å². The minimum atomic E-state index is -0.726. The fourth-order valence-corrected chi connectivity index (χ4v) is 4.92. The summed E-state index contributed by atoms with van der Waals surface area (Å²) in [7, 11) is 0. The number of β-lactam (4-membered cyclic amide) rings is 1. The molecule has 3 heterocycles. The van der Waals surface area contributed by atoms with Gasteiger partial charge in [-0.1, -0.05) is 12.7 Å². The van der Waals surface area contributed by atoms with Gasteiger partial charge in [-0.2, -0.15) is 0 Å². The predicted octanol–water partition coefficient (Wildman–Crippen LogP) is 1.27. The van der Waals surface area contributed by atoms with Crippen LogP contribution in [0, 0.1) is 11.8 Å². The number of hydrogen-bond donors (Lipinski definition) is 1.